The van der Waals surface area contributed by atoms with Crippen molar-refractivity contribution in [1.29, 1.82) is 0 Å². The van der Waals surface area contributed by atoms with Crippen LogP contribution in [0.15, 0.2) is 12.3 Å². The molecule has 0 radical (unpaired) electrons. The molecule has 23 heavy (non-hydrogen) atoms. The maximum Gasteiger partial charge on any atom is 0.320 e. The first-order valence-electron chi connectivity index (χ1n) is 8.66. The monoisotopic (exact) mass is 323 g/mol. The molecule has 0 bridgehead atoms. The Morgan fingerprint density at radius 3 is 2.78 bits per heavy atom. The van der Waals surface area contributed by atoms with Gasteiger partial charge in [0.2, 0.25) is 0 Å². The summed E-state index contributed by atoms with van der Waals surface area (Å²) in [6.45, 7) is 5.78. The maximum atomic E-state index is 11.9. The van der Waals surface area contributed by atoms with E-state index in [9.17, 15) is 9.90 Å². The highest BCUT2D eigenvalue weighted by Crippen LogP contribution is 2.10. The molecule has 1 aromatic rings. The third-order valence-corrected chi connectivity index (χ3v) is 4.06. The van der Waals surface area contributed by atoms with Crippen LogP contribution in [-0.4, -0.2) is 58.1 Å². The van der Waals surface area contributed by atoms with Gasteiger partial charge in [0, 0.05) is 25.7 Å². The lowest BCUT2D eigenvalue weighted by atomic mass is 10.2. The average molecular weight is 323 g/mol. The van der Waals surface area contributed by atoms with Crippen LogP contribution in [-0.2, 0) is 6.54 Å². The Kier molecular flexibility index (Phi) is 7.35. The van der Waals surface area contributed by atoms with Crippen molar-refractivity contribution in [2.45, 2.75) is 51.7 Å². The van der Waals surface area contributed by atoms with Gasteiger partial charge in [0.1, 0.15) is 5.82 Å². The smallest absolute Gasteiger partial charge is 0.320 e. The highest BCUT2D eigenvalue weighted by Gasteiger charge is 2.15. The van der Waals surface area contributed by atoms with E-state index in [2.05, 4.69) is 27.6 Å². The fraction of sp³-hybridized carbons (Fsp3) is 0.750. The van der Waals surface area contributed by atoms with Crippen molar-refractivity contribution in [3.05, 3.63) is 12.3 Å². The van der Waals surface area contributed by atoms with E-state index in [0.717, 1.165) is 26.1 Å². The van der Waals surface area contributed by atoms with Crippen LogP contribution in [0.3, 0.4) is 0 Å². The summed E-state index contributed by atoms with van der Waals surface area (Å²) < 4.78 is 1.76. The Balaban J connectivity index is 1.69. The van der Waals surface area contributed by atoms with E-state index < -0.39 is 6.10 Å². The van der Waals surface area contributed by atoms with Gasteiger partial charge in [0.15, 0.2) is 0 Å². The molecule has 1 aliphatic rings. The first-order chi connectivity index (χ1) is 11.2. The molecule has 0 unspecified atom stereocenters. The molecule has 3 N–H and O–H groups in total. The van der Waals surface area contributed by atoms with Gasteiger partial charge in [-0.15, -0.1) is 0 Å². The van der Waals surface area contributed by atoms with E-state index in [1.807, 2.05) is 0 Å². The number of anilines is 1. The Morgan fingerprint density at radius 1 is 1.35 bits per heavy atom. The summed E-state index contributed by atoms with van der Waals surface area (Å²) in [7, 11) is 0. The summed E-state index contributed by atoms with van der Waals surface area (Å²) in [5, 5.41) is 19.8. The third-order valence-electron chi connectivity index (χ3n) is 4.06. The number of nitrogens with zero attached hydrogens (tertiary/aromatic N) is 3. The van der Waals surface area contributed by atoms with Crippen LogP contribution < -0.4 is 10.6 Å². The van der Waals surface area contributed by atoms with Gasteiger partial charge in [0.05, 0.1) is 12.3 Å². The number of urea groups is 1. The van der Waals surface area contributed by atoms with Crippen LogP contribution in [0.2, 0.25) is 0 Å². The molecule has 0 saturated carbocycles. The van der Waals surface area contributed by atoms with Crippen LogP contribution in [0.4, 0.5) is 10.6 Å². The second kappa shape index (κ2) is 9.52. The Bertz CT molecular complexity index is 469. The molecule has 1 atom stereocenters. The molecule has 2 heterocycles. The number of aliphatic hydroxyl groups excluding tert-OH is 1. The molecule has 2 rings (SSSR count). The number of aliphatic hydroxyl groups is 1. The van der Waals surface area contributed by atoms with Gasteiger partial charge in [-0.25, -0.2) is 9.48 Å². The van der Waals surface area contributed by atoms with Crippen molar-refractivity contribution in [2.24, 2.45) is 0 Å². The van der Waals surface area contributed by atoms with Crippen molar-refractivity contribution in [1.82, 2.24) is 20.0 Å². The molecule has 130 valence electrons. The summed E-state index contributed by atoms with van der Waals surface area (Å²) >= 11 is 0. The molecule has 1 saturated heterocycles. The van der Waals surface area contributed by atoms with E-state index in [1.165, 1.54) is 25.7 Å². The van der Waals surface area contributed by atoms with Gasteiger partial charge < -0.3 is 15.3 Å². The lowest BCUT2D eigenvalue weighted by molar-refractivity contribution is 0.115. The zero-order chi connectivity index (χ0) is 16.5. The van der Waals surface area contributed by atoms with Crippen molar-refractivity contribution in [2.75, 3.05) is 31.5 Å². The van der Waals surface area contributed by atoms with Crippen molar-refractivity contribution < 1.29 is 9.90 Å². The first kappa shape index (κ1) is 17.7. The number of carbonyl (C=O) groups is 1. The molecule has 7 nitrogen and oxygen atoms in total. The predicted octanol–water partition coefficient (Wildman–Crippen LogP) is 1.65. The minimum atomic E-state index is -0.542. The fourth-order valence-corrected chi connectivity index (χ4v) is 2.88. The van der Waals surface area contributed by atoms with Crippen LogP contribution in [0.1, 0.15) is 39.0 Å². The molecule has 0 spiro atoms. The lowest BCUT2D eigenvalue weighted by Gasteiger charge is -2.23. The number of likely N-dealkylation sites (tertiary alicyclic amines) is 1. The molecule has 7 heteroatoms. The SMILES string of the molecule is CCCn1nccc1NC(=O)NC[C@H](O)CN1CCCCCC1. The highest BCUT2D eigenvalue weighted by molar-refractivity contribution is 5.88. The van der Waals surface area contributed by atoms with Gasteiger partial charge in [-0.2, -0.15) is 5.10 Å². The van der Waals surface area contributed by atoms with E-state index in [4.69, 9.17) is 0 Å². The van der Waals surface area contributed by atoms with Crippen molar-refractivity contribution in [3.8, 4) is 0 Å². The number of carbonyl (C=O) groups excluding carboxylic acids is 1. The van der Waals surface area contributed by atoms with Gasteiger partial charge in [0.25, 0.3) is 0 Å². The summed E-state index contributed by atoms with van der Waals surface area (Å²) in [5.74, 6) is 0.673. The van der Waals surface area contributed by atoms with E-state index >= 15 is 0 Å². The van der Waals surface area contributed by atoms with Gasteiger partial charge >= 0.3 is 6.03 Å². The molecule has 2 amide bonds. The quantitative estimate of drug-likeness (QED) is 0.712. The second-order valence-corrected chi connectivity index (χ2v) is 6.14. The standard InChI is InChI=1S/C16H29N5O2/c1-2-9-21-15(7-8-18-21)19-16(23)17-12-14(22)13-20-10-5-3-4-6-11-20/h7-8,14,22H,2-6,9-13H2,1H3,(H2,17,19,23)/t14-/m0/s1. The topological polar surface area (TPSA) is 82.4 Å². The number of hydrogen-bond donors (Lipinski definition) is 3. The Hall–Kier alpha value is -1.60. The maximum absolute atomic E-state index is 11.9. The summed E-state index contributed by atoms with van der Waals surface area (Å²) in [5.41, 5.74) is 0. The van der Waals surface area contributed by atoms with Gasteiger partial charge in [-0.05, 0) is 32.4 Å². The van der Waals surface area contributed by atoms with E-state index in [0.29, 0.717) is 12.4 Å². The van der Waals surface area contributed by atoms with Crippen LogP contribution in [0, 0.1) is 0 Å². The zero-order valence-corrected chi connectivity index (χ0v) is 14.0. The van der Waals surface area contributed by atoms with Crippen LogP contribution >= 0.6 is 0 Å². The van der Waals surface area contributed by atoms with Crippen molar-refractivity contribution >= 4 is 11.8 Å². The van der Waals surface area contributed by atoms with Crippen LogP contribution in [0.25, 0.3) is 0 Å². The predicted molar refractivity (Wildman–Crippen MR) is 90.5 cm³/mol. The summed E-state index contributed by atoms with van der Waals surface area (Å²) in [6, 6.07) is 1.46. The molecule has 1 fully saturated rings. The lowest BCUT2D eigenvalue weighted by Crippen LogP contribution is -2.42. The molecule has 1 aromatic heterocycles. The van der Waals surface area contributed by atoms with Gasteiger partial charge in [-0.3, -0.25) is 5.32 Å². The number of amides is 2. The molecule has 0 aliphatic carbocycles. The zero-order valence-electron chi connectivity index (χ0n) is 14.0. The van der Waals surface area contributed by atoms with E-state index in [1.54, 1.807) is 16.9 Å². The molecular weight excluding hydrogens is 294 g/mol. The Morgan fingerprint density at radius 2 is 2.09 bits per heavy atom. The molecular formula is C16H29N5O2. The third kappa shape index (κ3) is 6.19. The Labute approximate surface area is 138 Å². The molecule has 1 aliphatic heterocycles. The minimum absolute atomic E-state index is 0.254. The largest absolute Gasteiger partial charge is 0.390 e. The number of hydrogen-bond acceptors (Lipinski definition) is 4. The highest BCUT2D eigenvalue weighted by atomic mass is 16.3. The van der Waals surface area contributed by atoms with Gasteiger partial charge in [-0.1, -0.05) is 19.8 Å². The number of aromatic nitrogens is 2. The van der Waals surface area contributed by atoms with E-state index in [-0.39, 0.29) is 12.6 Å². The summed E-state index contributed by atoms with van der Waals surface area (Å²) in [6.07, 6.45) is 7.02. The first-order valence-corrected chi connectivity index (χ1v) is 8.66. The number of nitrogens with one attached hydrogen (secondary N) is 2. The average Bonchev–Trinajstić information content (AvgIpc) is 2.80. The number of aryl methyl sites for hydroxylation is 1. The number of β-amino-alcohol motifs (C(OH)–C–C–N with tert-alkyl or cyclic N) is 1. The number of rotatable bonds is 7. The summed E-state index contributed by atoms with van der Waals surface area (Å²) in [4.78, 5) is 14.2. The second-order valence-electron chi connectivity index (χ2n) is 6.14. The minimum Gasteiger partial charge on any atom is -0.390 e. The molecule has 0 aromatic carbocycles. The fourth-order valence-electron chi connectivity index (χ4n) is 2.88. The van der Waals surface area contributed by atoms with Crippen molar-refractivity contribution in [3.63, 3.8) is 0 Å². The normalized spacial score (nSPS) is 17.5. The van der Waals surface area contributed by atoms with Crippen LogP contribution in [0.5, 0.6) is 0 Å².